The van der Waals surface area contributed by atoms with Crippen molar-refractivity contribution in [2.45, 2.75) is 6.92 Å². The Kier molecular flexibility index (Phi) is 6.00. The molecule has 0 spiro atoms. The Balaban J connectivity index is 1.53. The monoisotopic (exact) mass is 492 g/mol. The van der Waals surface area contributed by atoms with Crippen LogP contribution in [0.15, 0.2) is 71.5 Å². The largest absolute Gasteiger partial charge is 0.465 e. The van der Waals surface area contributed by atoms with Gasteiger partial charge in [-0.15, -0.1) is 0 Å². The number of carbonyl (C=O) groups excluding carboxylic acids is 1. The average Bonchev–Trinajstić information content (AvgIpc) is 2.76. The molecule has 9 heteroatoms. The molecule has 3 N–H and O–H groups in total. The molecular formula is C23H17BrN4O4. The Morgan fingerprint density at radius 2 is 1.66 bits per heavy atom. The molecule has 1 heterocycles. The van der Waals surface area contributed by atoms with E-state index in [9.17, 15) is 9.59 Å². The lowest BCUT2D eigenvalue weighted by Crippen LogP contribution is -2.15. The minimum atomic E-state index is -1.21. The number of hydrogen-bond acceptors (Lipinski definition) is 5. The van der Waals surface area contributed by atoms with E-state index in [4.69, 9.17) is 9.84 Å². The number of para-hydroxylation sites is 2. The maximum Gasteiger partial charge on any atom is 0.409 e. The van der Waals surface area contributed by atoms with Crippen molar-refractivity contribution in [3.63, 3.8) is 0 Å². The average molecular weight is 493 g/mol. The topological polar surface area (TPSA) is 113 Å². The van der Waals surface area contributed by atoms with E-state index >= 15 is 0 Å². The second kappa shape index (κ2) is 9.03. The van der Waals surface area contributed by atoms with Crippen LogP contribution in [-0.4, -0.2) is 27.1 Å². The lowest BCUT2D eigenvalue weighted by Gasteiger charge is -2.12. The molecule has 160 valence electrons. The van der Waals surface area contributed by atoms with Gasteiger partial charge in [-0.2, -0.15) is 0 Å². The van der Waals surface area contributed by atoms with Crippen LogP contribution >= 0.6 is 15.9 Å². The minimum absolute atomic E-state index is 0.284. The summed E-state index contributed by atoms with van der Waals surface area (Å²) in [5.74, 6) is 0.711. The number of carboxylic acid groups (broad SMARTS) is 1. The highest BCUT2D eigenvalue weighted by atomic mass is 79.9. The molecule has 0 atom stereocenters. The van der Waals surface area contributed by atoms with Gasteiger partial charge in [0.25, 0.3) is 5.91 Å². The van der Waals surface area contributed by atoms with Crippen molar-refractivity contribution in [1.82, 2.24) is 9.97 Å². The van der Waals surface area contributed by atoms with Crippen molar-refractivity contribution in [2.24, 2.45) is 0 Å². The predicted octanol–water partition coefficient (Wildman–Crippen LogP) is 5.84. The first-order valence-electron chi connectivity index (χ1n) is 9.50. The summed E-state index contributed by atoms with van der Waals surface area (Å²) >= 11 is 3.48. The molecule has 4 aromatic rings. The van der Waals surface area contributed by atoms with Crippen molar-refractivity contribution in [3.8, 4) is 11.5 Å². The number of ether oxygens (including phenoxy) is 1. The van der Waals surface area contributed by atoms with E-state index in [1.807, 2.05) is 19.1 Å². The summed E-state index contributed by atoms with van der Waals surface area (Å²) in [6.07, 6.45) is 0.275. The molecule has 0 aliphatic rings. The Morgan fingerprint density at radius 3 is 2.34 bits per heavy atom. The molecule has 2 amide bonds. The first-order chi connectivity index (χ1) is 15.4. The number of benzene rings is 3. The highest BCUT2D eigenvalue weighted by molar-refractivity contribution is 9.10. The minimum Gasteiger partial charge on any atom is -0.465 e. The zero-order chi connectivity index (χ0) is 22.7. The van der Waals surface area contributed by atoms with Gasteiger partial charge in [-0.1, -0.05) is 28.1 Å². The Morgan fingerprint density at radius 1 is 0.969 bits per heavy atom. The molecule has 0 aliphatic carbocycles. The van der Waals surface area contributed by atoms with Crippen LogP contribution in [-0.2, 0) is 0 Å². The number of aromatic nitrogens is 2. The molecule has 3 aromatic carbocycles. The Bertz CT molecular complexity index is 1330. The molecule has 4 rings (SSSR count). The zero-order valence-corrected chi connectivity index (χ0v) is 18.4. The lowest BCUT2D eigenvalue weighted by molar-refractivity contribution is 0.102. The van der Waals surface area contributed by atoms with Gasteiger partial charge in [-0.3, -0.25) is 10.1 Å². The fourth-order valence-corrected chi connectivity index (χ4v) is 3.55. The summed E-state index contributed by atoms with van der Waals surface area (Å²) in [6.45, 7) is 1.90. The first-order valence-corrected chi connectivity index (χ1v) is 10.3. The van der Waals surface area contributed by atoms with Crippen LogP contribution in [0.25, 0.3) is 10.9 Å². The molecule has 8 nitrogen and oxygen atoms in total. The highest BCUT2D eigenvalue weighted by Crippen LogP contribution is 2.33. The van der Waals surface area contributed by atoms with Crippen molar-refractivity contribution in [3.05, 3.63) is 82.7 Å². The standard InChI is InChI=1S/C23H17BrN4O4/c1-13-17-10-15(24)11-20(21(17)26-12-25-13)32-16-8-6-14(7-9-16)22(29)27-18-4-2-3-5-19(18)28-23(30)31/h2-12,28H,1H3,(H,27,29)(H,30,31). The number of amides is 2. The number of aryl methyl sites for hydroxylation is 1. The van der Waals surface area contributed by atoms with Gasteiger partial charge in [0.15, 0.2) is 5.75 Å². The number of anilines is 2. The zero-order valence-electron chi connectivity index (χ0n) is 16.8. The van der Waals surface area contributed by atoms with Crippen molar-refractivity contribution < 1.29 is 19.4 Å². The Hall–Kier alpha value is -3.98. The van der Waals surface area contributed by atoms with E-state index in [2.05, 4.69) is 36.5 Å². The molecule has 0 aliphatic heterocycles. The van der Waals surface area contributed by atoms with Gasteiger partial charge in [0.1, 0.15) is 17.6 Å². The van der Waals surface area contributed by atoms with Crippen molar-refractivity contribution in [2.75, 3.05) is 10.6 Å². The molecule has 0 saturated carbocycles. The first kappa shape index (κ1) is 21.3. The van der Waals surface area contributed by atoms with E-state index in [0.717, 1.165) is 15.6 Å². The quantitative estimate of drug-likeness (QED) is 0.322. The van der Waals surface area contributed by atoms with Gasteiger partial charge in [0.2, 0.25) is 0 Å². The molecular weight excluding hydrogens is 476 g/mol. The van der Waals surface area contributed by atoms with Crippen LogP contribution in [0.2, 0.25) is 0 Å². The van der Waals surface area contributed by atoms with Crippen LogP contribution in [0.3, 0.4) is 0 Å². The number of carbonyl (C=O) groups is 2. The second-order valence-electron chi connectivity index (χ2n) is 6.82. The van der Waals surface area contributed by atoms with Crippen molar-refractivity contribution >= 4 is 50.2 Å². The summed E-state index contributed by atoms with van der Waals surface area (Å²) in [4.78, 5) is 32.1. The van der Waals surface area contributed by atoms with Crippen LogP contribution in [0.5, 0.6) is 11.5 Å². The van der Waals surface area contributed by atoms with E-state index in [1.54, 1.807) is 48.5 Å². The molecule has 32 heavy (non-hydrogen) atoms. The summed E-state index contributed by atoms with van der Waals surface area (Å²) in [6, 6.07) is 16.9. The molecule has 1 aromatic heterocycles. The van der Waals surface area contributed by atoms with Crippen LogP contribution < -0.4 is 15.4 Å². The fourth-order valence-electron chi connectivity index (χ4n) is 3.12. The van der Waals surface area contributed by atoms with Gasteiger partial charge in [0, 0.05) is 21.1 Å². The number of fused-ring (bicyclic) bond motifs is 1. The summed E-state index contributed by atoms with van der Waals surface area (Å²) in [7, 11) is 0. The fraction of sp³-hybridized carbons (Fsp3) is 0.0435. The number of hydrogen-bond donors (Lipinski definition) is 3. The highest BCUT2D eigenvalue weighted by Gasteiger charge is 2.12. The van der Waals surface area contributed by atoms with Crippen molar-refractivity contribution in [1.29, 1.82) is 0 Å². The number of halogens is 1. The van der Waals surface area contributed by atoms with Gasteiger partial charge in [-0.05, 0) is 55.5 Å². The molecule has 0 saturated heterocycles. The van der Waals surface area contributed by atoms with Crippen LogP contribution in [0.1, 0.15) is 16.1 Å². The van der Waals surface area contributed by atoms with E-state index in [-0.39, 0.29) is 11.6 Å². The normalized spacial score (nSPS) is 10.6. The van der Waals surface area contributed by atoms with Gasteiger partial charge >= 0.3 is 6.09 Å². The third kappa shape index (κ3) is 4.68. The molecule has 0 fully saturated rings. The Labute approximate surface area is 191 Å². The van der Waals surface area contributed by atoms with Gasteiger partial charge in [-0.25, -0.2) is 14.8 Å². The smallest absolute Gasteiger partial charge is 0.409 e. The van der Waals surface area contributed by atoms with Crippen LogP contribution in [0, 0.1) is 6.92 Å². The van der Waals surface area contributed by atoms with E-state index in [1.165, 1.54) is 6.33 Å². The van der Waals surface area contributed by atoms with Crippen LogP contribution in [0.4, 0.5) is 16.2 Å². The van der Waals surface area contributed by atoms with E-state index in [0.29, 0.717) is 28.3 Å². The summed E-state index contributed by atoms with van der Waals surface area (Å²) in [5.41, 5.74) is 2.55. The van der Waals surface area contributed by atoms with Gasteiger partial charge in [0.05, 0.1) is 11.4 Å². The summed E-state index contributed by atoms with van der Waals surface area (Å²) < 4.78 is 6.85. The third-order valence-electron chi connectivity index (χ3n) is 4.63. The maximum absolute atomic E-state index is 12.6. The van der Waals surface area contributed by atoms with Gasteiger partial charge < -0.3 is 15.2 Å². The lowest BCUT2D eigenvalue weighted by atomic mass is 10.1. The third-order valence-corrected chi connectivity index (χ3v) is 5.09. The molecule has 0 radical (unpaired) electrons. The maximum atomic E-state index is 12.6. The SMILES string of the molecule is Cc1ncnc2c(Oc3ccc(C(=O)Nc4ccccc4NC(=O)O)cc3)cc(Br)cc12. The number of nitrogens with one attached hydrogen (secondary N) is 2. The molecule has 0 unspecified atom stereocenters. The summed E-state index contributed by atoms with van der Waals surface area (Å²) in [5, 5.41) is 14.8. The number of rotatable bonds is 5. The molecule has 0 bridgehead atoms. The second-order valence-corrected chi connectivity index (χ2v) is 7.73. The predicted molar refractivity (Wildman–Crippen MR) is 125 cm³/mol. The number of nitrogens with zero attached hydrogens (tertiary/aromatic N) is 2. The van der Waals surface area contributed by atoms with E-state index < -0.39 is 6.09 Å².